The van der Waals surface area contributed by atoms with Crippen LogP contribution in [-0.4, -0.2) is 40.8 Å². The summed E-state index contributed by atoms with van der Waals surface area (Å²) >= 11 is 0. The second-order valence-corrected chi connectivity index (χ2v) is 4.72. The number of nitrogens with one attached hydrogen (secondary N) is 2. The maximum atomic E-state index is 11.5. The largest absolute Gasteiger partial charge is 0.469 e. The van der Waals surface area contributed by atoms with Gasteiger partial charge in [0.25, 0.3) is 0 Å². The van der Waals surface area contributed by atoms with Crippen molar-refractivity contribution in [1.29, 1.82) is 0 Å². The summed E-state index contributed by atoms with van der Waals surface area (Å²) in [7, 11) is 1.46. The summed E-state index contributed by atoms with van der Waals surface area (Å²) in [4.78, 5) is 15.6. The molecule has 0 amide bonds. The van der Waals surface area contributed by atoms with Crippen LogP contribution in [0.25, 0.3) is 0 Å². The number of carbonyl (C=O) groups is 1. The quantitative estimate of drug-likeness (QED) is 0.753. The Hall–Kier alpha value is -1.43. The van der Waals surface area contributed by atoms with Crippen molar-refractivity contribution in [1.82, 2.24) is 20.5 Å². The van der Waals surface area contributed by atoms with Crippen LogP contribution in [0.4, 0.5) is 0 Å². The molecule has 1 heterocycles. The summed E-state index contributed by atoms with van der Waals surface area (Å²) in [5.74, 6) is 0.881. The summed E-state index contributed by atoms with van der Waals surface area (Å²) in [6, 6.07) is 0.408. The number of hydrogen-bond acceptors (Lipinski definition) is 5. The monoisotopic (exact) mass is 252 g/mol. The van der Waals surface area contributed by atoms with Crippen molar-refractivity contribution in [3.05, 3.63) is 12.2 Å². The Labute approximate surface area is 107 Å². The van der Waals surface area contributed by atoms with Crippen LogP contribution in [0.5, 0.6) is 0 Å². The van der Waals surface area contributed by atoms with E-state index >= 15 is 0 Å². The van der Waals surface area contributed by atoms with E-state index in [0.717, 1.165) is 44.5 Å². The number of hydrogen-bond donors (Lipinski definition) is 2. The predicted octanol–water partition coefficient (Wildman–Crippen LogP) is 0.669. The van der Waals surface area contributed by atoms with E-state index in [1.807, 2.05) is 0 Å². The highest BCUT2D eigenvalue weighted by Crippen LogP contribution is 2.25. The molecule has 2 rings (SSSR count). The van der Waals surface area contributed by atoms with E-state index in [1.54, 1.807) is 0 Å². The molecule has 0 aromatic carbocycles. The van der Waals surface area contributed by atoms with Gasteiger partial charge in [-0.25, -0.2) is 4.98 Å². The third kappa shape index (κ3) is 3.53. The van der Waals surface area contributed by atoms with Gasteiger partial charge >= 0.3 is 5.97 Å². The average Bonchev–Trinajstić information content (AvgIpc) is 2.91. The Morgan fingerprint density at radius 3 is 3.22 bits per heavy atom. The lowest BCUT2D eigenvalue weighted by Crippen LogP contribution is -2.37. The highest BCUT2D eigenvalue weighted by Gasteiger charge is 2.27. The number of nitrogens with zero attached hydrogens (tertiary/aromatic N) is 2. The molecule has 6 nitrogen and oxygen atoms in total. The smallest absolute Gasteiger partial charge is 0.308 e. The lowest BCUT2D eigenvalue weighted by molar-refractivity contribution is -0.146. The second kappa shape index (κ2) is 6.49. The summed E-state index contributed by atoms with van der Waals surface area (Å²) in [5, 5.41) is 10.1. The lowest BCUT2D eigenvalue weighted by atomic mass is 9.85. The molecule has 0 saturated heterocycles. The molecule has 1 aliphatic rings. The van der Waals surface area contributed by atoms with Crippen LogP contribution in [0.2, 0.25) is 0 Å². The van der Waals surface area contributed by atoms with Crippen LogP contribution in [0.15, 0.2) is 6.33 Å². The fourth-order valence-corrected chi connectivity index (χ4v) is 2.50. The number of esters is 1. The first-order valence-corrected chi connectivity index (χ1v) is 6.45. The molecule has 100 valence electrons. The molecule has 0 bridgehead atoms. The van der Waals surface area contributed by atoms with Crippen molar-refractivity contribution < 1.29 is 9.53 Å². The van der Waals surface area contributed by atoms with Crippen molar-refractivity contribution in [3.8, 4) is 0 Å². The van der Waals surface area contributed by atoms with Gasteiger partial charge in [-0.3, -0.25) is 9.89 Å². The number of aromatic nitrogens is 3. The zero-order valence-corrected chi connectivity index (χ0v) is 10.7. The van der Waals surface area contributed by atoms with Crippen molar-refractivity contribution in [2.24, 2.45) is 5.92 Å². The van der Waals surface area contributed by atoms with E-state index in [2.05, 4.69) is 20.5 Å². The first-order valence-electron chi connectivity index (χ1n) is 6.45. The number of aromatic amines is 1. The van der Waals surface area contributed by atoms with E-state index in [-0.39, 0.29) is 11.9 Å². The fraction of sp³-hybridized carbons (Fsp3) is 0.750. The van der Waals surface area contributed by atoms with Crippen molar-refractivity contribution >= 4 is 5.97 Å². The zero-order valence-electron chi connectivity index (χ0n) is 10.7. The van der Waals surface area contributed by atoms with Crippen molar-refractivity contribution in [3.63, 3.8) is 0 Å². The Morgan fingerprint density at radius 2 is 2.50 bits per heavy atom. The molecule has 1 aromatic heterocycles. The number of rotatable bonds is 5. The molecule has 1 aromatic rings. The van der Waals surface area contributed by atoms with E-state index < -0.39 is 0 Å². The van der Waals surface area contributed by atoms with Gasteiger partial charge in [0.05, 0.1) is 13.0 Å². The Morgan fingerprint density at radius 1 is 1.61 bits per heavy atom. The SMILES string of the molecule is COC(=O)C1CCCC(NCCc2ncn[nH]2)C1. The van der Waals surface area contributed by atoms with E-state index in [4.69, 9.17) is 4.74 Å². The summed E-state index contributed by atoms with van der Waals surface area (Å²) in [6.45, 7) is 0.855. The van der Waals surface area contributed by atoms with Crippen LogP contribution in [0.1, 0.15) is 31.5 Å². The maximum absolute atomic E-state index is 11.5. The minimum atomic E-state index is -0.0725. The maximum Gasteiger partial charge on any atom is 0.308 e. The Bertz CT molecular complexity index is 366. The van der Waals surface area contributed by atoms with Crippen LogP contribution in [0, 0.1) is 5.92 Å². The molecule has 0 spiro atoms. The fourth-order valence-electron chi connectivity index (χ4n) is 2.50. The molecule has 6 heteroatoms. The van der Waals surface area contributed by atoms with E-state index in [9.17, 15) is 4.79 Å². The Kier molecular flexibility index (Phi) is 4.69. The van der Waals surface area contributed by atoms with Gasteiger partial charge in [-0.2, -0.15) is 5.10 Å². The van der Waals surface area contributed by atoms with Gasteiger partial charge in [-0.15, -0.1) is 0 Å². The molecule has 1 fully saturated rings. The Balaban J connectivity index is 1.71. The molecule has 2 atom stereocenters. The molecular formula is C12H20N4O2. The highest BCUT2D eigenvalue weighted by molar-refractivity contribution is 5.72. The van der Waals surface area contributed by atoms with Gasteiger partial charge in [0.15, 0.2) is 0 Å². The van der Waals surface area contributed by atoms with Gasteiger partial charge in [0.1, 0.15) is 12.2 Å². The van der Waals surface area contributed by atoms with Gasteiger partial charge in [0.2, 0.25) is 0 Å². The van der Waals surface area contributed by atoms with Crippen molar-refractivity contribution in [2.75, 3.05) is 13.7 Å². The second-order valence-electron chi connectivity index (χ2n) is 4.72. The van der Waals surface area contributed by atoms with Gasteiger partial charge < -0.3 is 10.1 Å². The van der Waals surface area contributed by atoms with Crippen LogP contribution in [-0.2, 0) is 16.0 Å². The minimum Gasteiger partial charge on any atom is -0.469 e. The van der Waals surface area contributed by atoms with Crippen LogP contribution in [0.3, 0.4) is 0 Å². The molecule has 0 aliphatic heterocycles. The first-order chi connectivity index (χ1) is 8.79. The lowest BCUT2D eigenvalue weighted by Gasteiger charge is -2.28. The topological polar surface area (TPSA) is 79.9 Å². The molecule has 0 radical (unpaired) electrons. The zero-order chi connectivity index (χ0) is 12.8. The first kappa shape index (κ1) is 13.0. The number of H-pyrrole nitrogens is 1. The van der Waals surface area contributed by atoms with Crippen LogP contribution >= 0.6 is 0 Å². The molecule has 2 N–H and O–H groups in total. The number of carbonyl (C=O) groups excluding carboxylic acids is 1. The van der Waals surface area contributed by atoms with Gasteiger partial charge in [-0.05, 0) is 19.3 Å². The predicted molar refractivity (Wildman–Crippen MR) is 65.9 cm³/mol. The third-order valence-electron chi connectivity index (χ3n) is 3.47. The molecule has 1 aliphatic carbocycles. The van der Waals surface area contributed by atoms with Gasteiger partial charge in [-0.1, -0.05) is 6.42 Å². The molecule has 18 heavy (non-hydrogen) atoms. The molecule has 1 saturated carbocycles. The van der Waals surface area contributed by atoms with Gasteiger partial charge in [0, 0.05) is 19.0 Å². The summed E-state index contributed by atoms with van der Waals surface area (Å²) in [6.07, 6.45) is 6.39. The van der Waals surface area contributed by atoms with E-state index in [0.29, 0.717) is 6.04 Å². The van der Waals surface area contributed by atoms with E-state index in [1.165, 1.54) is 13.4 Å². The normalized spacial score (nSPS) is 23.8. The van der Waals surface area contributed by atoms with Crippen molar-refractivity contribution in [2.45, 2.75) is 38.1 Å². The molecule has 2 unspecified atom stereocenters. The third-order valence-corrected chi connectivity index (χ3v) is 3.47. The number of ether oxygens (including phenoxy) is 1. The standard InChI is InChI=1S/C12H20N4O2/c1-18-12(17)9-3-2-4-10(7-9)13-6-5-11-14-8-15-16-11/h8-10,13H,2-7H2,1H3,(H,14,15,16). The molecular weight excluding hydrogens is 232 g/mol. The number of methoxy groups -OCH3 is 1. The minimum absolute atomic E-state index is 0.0616. The average molecular weight is 252 g/mol. The highest BCUT2D eigenvalue weighted by atomic mass is 16.5. The summed E-state index contributed by atoms with van der Waals surface area (Å²) in [5.41, 5.74) is 0. The summed E-state index contributed by atoms with van der Waals surface area (Å²) < 4.78 is 4.81. The van der Waals surface area contributed by atoms with Crippen LogP contribution < -0.4 is 5.32 Å².